The van der Waals surface area contributed by atoms with Crippen molar-refractivity contribution in [2.24, 2.45) is 0 Å². The van der Waals surface area contributed by atoms with Crippen LogP contribution in [0.15, 0.2) is 54.6 Å². The maximum absolute atomic E-state index is 9.09. The fourth-order valence-corrected chi connectivity index (χ4v) is 2.04. The summed E-state index contributed by atoms with van der Waals surface area (Å²) in [4.78, 5) is 4.27. The van der Waals surface area contributed by atoms with Gasteiger partial charge in [-0.25, -0.2) is 4.98 Å². The molecule has 0 atom stereocenters. The van der Waals surface area contributed by atoms with Crippen LogP contribution >= 0.6 is 0 Å². The highest BCUT2D eigenvalue weighted by atomic mass is 16.5. The van der Waals surface area contributed by atoms with E-state index in [9.17, 15) is 0 Å². The molecule has 0 saturated carbocycles. The molecule has 0 amide bonds. The van der Waals surface area contributed by atoms with Gasteiger partial charge in [-0.15, -0.1) is 0 Å². The molecule has 0 saturated heterocycles. The minimum atomic E-state index is 0.350. The molecule has 1 heterocycles. The molecule has 2 aromatic carbocycles. The third kappa shape index (κ3) is 2.32. The highest BCUT2D eigenvalue weighted by molar-refractivity contribution is 5.83. The second kappa shape index (κ2) is 5.02. The van der Waals surface area contributed by atoms with Crippen LogP contribution in [0.5, 0.6) is 11.6 Å². The van der Waals surface area contributed by atoms with Gasteiger partial charge in [0.2, 0.25) is 5.88 Å². The molecule has 0 radical (unpaired) electrons. The SMILES string of the molecule is Cc1ccc(C#N)c(Oc2ccc3ccccc3c2)n1. The minimum absolute atomic E-state index is 0.350. The number of nitriles is 1. The number of fused-ring (bicyclic) bond motifs is 1. The molecule has 0 fully saturated rings. The molecule has 3 nitrogen and oxygen atoms in total. The third-order valence-electron chi connectivity index (χ3n) is 3.06. The van der Waals surface area contributed by atoms with Crippen LogP contribution in [0.25, 0.3) is 10.8 Å². The molecule has 3 rings (SSSR count). The van der Waals surface area contributed by atoms with E-state index < -0.39 is 0 Å². The number of nitrogens with zero attached hydrogens (tertiary/aromatic N) is 2. The lowest BCUT2D eigenvalue weighted by atomic mass is 10.1. The molecule has 0 bridgehead atoms. The maximum atomic E-state index is 9.09. The van der Waals surface area contributed by atoms with Gasteiger partial charge in [-0.1, -0.05) is 30.3 Å². The average Bonchev–Trinajstić information content (AvgIpc) is 2.47. The van der Waals surface area contributed by atoms with Crippen molar-refractivity contribution >= 4 is 10.8 Å². The van der Waals surface area contributed by atoms with Crippen LogP contribution in [-0.2, 0) is 0 Å². The van der Waals surface area contributed by atoms with E-state index in [0.717, 1.165) is 16.5 Å². The molecule has 0 N–H and O–H groups in total. The van der Waals surface area contributed by atoms with E-state index in [-0.39, 0.29) is 0 Å². The number of aryl methyl sites for hydroxylation is 1. The number of rotatable bonds is 2. The zero-order valence-corrected chi connectivity index (χ0v) is 11.0. The van der Waals surface area contributed by atoms with Gasteiger partial charge in [0.1, 0.15) is 17.4 Å². The standard InChI is InChI=1S/C17H12N2O/c1-12-6-7-15(11-18)17(19-12)20-16-9-8-13-4-2-3-5-14(13)10-16/h2-10H,1H3. The summed E-state index contributed by atoms with van der Waals surface area (Å²) in [5.41, 5.74) is 1.25. The van der Waals surface area contributed by atoms with E-state index in [1.54, 1.807) is 12.1 Å². The minimum Gasteiger partial charge on any atom is -0.438 e. The van der Waals surface area contributed by atoms with E-state index in [1.165, 1.54) is 0 Å². The Hall–Kier alpha value is -2.86. The van der Waals surface area contributed by atoms with Crippen molar-refractivity contribution in [3.63, 3.8) is 0 Å². The van der Waals surface area contributed by atoms with Crippen LogP contribution in [0.1, 0.15) is 11.3 Å². The van der Waals surface area contributed by atoms with Gasteiger partial charge in [0.25, 0.3) is 0 Å². The molecule has 3 aromatic rings. The van der Waals surface area contributed by atoms with Gasteiger partial charge in [-0.3, -0.25) is 0 Å². The lowest BCUT2D eigenvalue weighted by molar-refractivity contribution is 0.460. The average molecular weight is 260 g/mol. The van der Waals surface area contributed by atoms with Crippen LogP contribution in [0.4, 0.5) is 0 Å². The van der Waals surface area contributed by atoms with Crippen LogP contribution in [-0.4, -0.2) is 4.98 Å². The molecule has 0 aliphatic heterocycles. The Labute approximate surface area is 117 Å². The molecule has 20 heavy (non-hydrogen) atoms. The zero-order chi connectivity index (χ0) is 13.9. The Kier molecular flexibility index (Phi) is 3.06. The molecule has 0 unspecified atom stereocenters. The predicted molar refractivity (Wildman–Crippen MR) is 77.7 cm³/mol. The van der Waals surface area contributed by atoms with Crippen LogP contribution in [0, 0.1) is 18.3 Å². The maximum Gasteiger partial charge on any atom is 0.237 e. The molecule has 3 heteroatoms. The van der Waals surface area contributed by atoms with Crippen molar-refractivity contribution in [2.45, 2.75) is 6.92 Å². The molecule has 0 aliphatic rings. The Morgan fingerprint density at radius 2 is 1.80 bits per heavy atom. The van der Waals surface area contributed by atoms with Crippen LogP contribution in [0.3, 0.4) is 0 Å². The van der Waals surface area contributed by atoms with Crippen molar-refractivity contribution in [3.8, 4) is 17.7 Å². The smallest absolute Gasteiger partial charge is 0.237 e. The second-order valence-corrected chi connectivity index (χ2v) is 4.53. The third-order valence-corrected chi connectivity index (χ3v) is 3.06. The normalized spacial score (nSPS) is 10.2. The van der Waals surface area contributed by atoms with Crippen LogP contribution < -0.4 is 4.74 Å². The van der Waals surface area contributed by atoms with Gasteiger partial charge >= 0.3 is 0 Å². The van der Waals surface area contributed by atoms with Crippen molar-refractivity contribution in [3.05, 3.63) is 65.9 Å². The van der Waals surface area contributed by atoms with E-state index in [2.05, 4.69) is 11.1 Å². The summed E-state index contributed by atoms with van der Waals surface area (Å²) in [5, 5.41) is 11.3. The summed E-state index contributed by atoms with van der Waals surface area (Å²) in [6.45, 7) is 1.87. The molecular formula is C17H12N2O. The van der Waals surface area contributed by atoms with Gasteiger partial charge in [-0.05, 0) is 42.0 Å². The number of aromatic nitrogens is 1. The number of hydrogen-bond acceptors (Lipinski definition) is 3. The first-order valence-electron chi connectivity index (χ1n) is 6.31. The van der Waals surface area contributed by atoms with Crippen molar-refractivity contribution in [2.75, 3.05) is 0 Å². The lowest BCUT2D eigenvalue weighted by Gasteiger charge is -2.08. The number of pyridine rings is 1. The summed E-state index contributed by atoms with van der Waals surface area (Å²) in [7, 11) is 0. The largest absolute Gasteiger partial charge is 0.438 e. The monoisotopic (exact) mass is 260 g/mol. The number of ether oxygens (including phenoxy) is 1. The summed E-state index contributed by atoms with van der Waals surface area (Å²) >= 11 is 0. The fraction of sp³-hybridized carbons (Fsp3) is 0.0588. The van der Waals surface area contributed by atoms with Gasteiger partial charge < -0.3 is 4.74 Å². The second-order valence-electron chi connectivity index (χ2n) is 4.53. The zero-order valence-electron chi connectivity index (χ0n) is 11.0. The quantitative estimate of drug-likeness (QED) is 0.693. The first-order valence-corrected chi connectivity index (χ1v) is 6.31. The molecule has 0 spiro atoms. The Morgan fingerprint density at radius 1 is 1.00 bits per heavy atom. The summed E-state index contributed by atoms with van der Waals surface area (Å²) in [6, 6.07) is 19.5. The first kappa shape index (κ1) is 12.2. The van der Waals surface area contributed by atoms with Crippen molar-refractivity contribution in [1.82, 2.24) is 4.98 Å². The fourth-order valence-electron chi connectivity index (χ4n) is 2.04. The van der Waals surface area contributed by atoms with E-state index >= 15 is 0 Å². The van der Waals surface area contributed by atoms with Crippen LogP contribution in [0.2, 0.25) is 0 Å². The van der Waals surface area contributed by atoms with Gasteiger partial charge in [0, 0.05) is 5.69 Å². The number of benzene rings is 2. The Morgan fingerprint density at radius 3 is 2.60 bits per heavy atom. The molecule has 0 aliphatic carbocycles. The predicted octanol–water partition coefficient (Wildman–Crippen LogP) is 4.21. The highest BCUT2D eigenvalue weighted by Crippen LogP contribution is 2.26. The molecular weight excluding hydrogens is 248 g/mol. The Bertz CT molecular complexity index is 819. The van der Waals surface area contributed by atoms with E-state index in [0.29, 0.717) is 17.2 Å². The molecule has 96 valence electrons. The Balaban J connectivity index is 2.01. The highest BCUT2D eigenvalue weighted by Gasteiger charge is 2.07. The van der Waals surface area contributed by atoms with Crippen molar-refractivity contribution in [1.29, 1.82) is 5.26 Å². The summed E-state index contributed by atoms with van der Waals surface area (Å²) < 4.78 is 5.76. The van der Waals surface area contributed by atoms with Gasteiger partial charge in [0.05, 0.1) is 0 Å². The first-order chi connectivity index (χ1) is 9.76. The van der Waals surface area contributed by atoms with Crippen molar-refractivity contribution < 1.29 is 4.74 Å². The number of hydrogen-bond donors (Lipinski definition) is 0. The van der Waals surface area contributed by atoms with Gasteiger partial charge in [-0.2, -0.15) is 5.26 Å². The topological polar surface area (TPSA) is 45.9 Å². The van der Waals surface area contributed by atoms with E-state index in [4.69, 9.17) is 10.00 Å². The summed E-state index contributed by atoms with van der Waals surface area (Å²) in [6.07, 6.45) is 0. The van der Waals surface area contributed by atoms with E-state index in [1.807, 2.05) is 49.4 Å². The summed E-state index contributed by atoms with van der Waals surface area (Å²) in [5.74, 6) is 1.03. The molecule has 1 aromatic heterocycles. The van der Waals surface area contributed by atoms with Gasteiger partial charge in [0.15, 0.2) is 0 Å². The lowest BCUT2D eigenvalue weighted by Crippen LogP contribution is -1.93.